The van der Waals surface area contributed by atoms with Gasteiger partial charge in [-0.2, -0.15) is 0 Å². The maximum absolute atomic E-state index is 12.2. The summed E-state index contributed by atoms with van der Waals surface area (Å²) in [6.07, 6.45) is 0. The van der Waals surface area contributed by atoms with Gasteiger partial charge in [-0.3, -0.25) is 9.69 Å². The first-order chi connectivity index (χ1) is 10.8. The van der Waals surface area contributed by atoms with Crippen molar-refractivity contribution in [3.05, 3.63) is 35.4 Å². The number of benzene rings is 1. The summed E-state index contributed by atoms with van der Waals surface area (Å²) in [6, 6.07) is 6.93. The van der Waals surface area contributed by atoms with Crippen molar-refractivity contribution in [1.82, 2.24) is 10.2 Å². The van der Waals surface area contributed by atoms with E-state index in [4.69, 9.17) is 5.11 Å². The summed E-state index contributed by atoms with van der Waals surface area (Å²) >= 11 is 0. The van der Waals surface area contributed by atoms with E-state index in [1.54, 1.807) is 26.0 Å². The summed E-state index contributed by atoms with van der Waals surface area (Å²) in [4.78, 5) is 25.7. The molecule has 0 bridgehead atoms. The van der Waals surface area contributed by atoms with Crippen LogP contribution in [0.1, 0.15) is 50.5 Å². The van der Waals surface area contributed by atoms with Crippen LogP contribution in [-0.2, 0) is 11.3 Å². The molecule has 0 spiro atoms. The number of rotatable bonds is 8. The fourth-order valence-electron chi connectivity index (χ4n) is 2.39. The van der Waals surface area contributed by atoms with Crippen LogP contribution in [0.3, 0.4) is 0 Å². The Morgan fingerprint density at radius 3 is 2.09 bits per heavy atom. The molecule has 0 fully saturated rings. The number of nitrogens with zero attached hydrogens (tertiary/aromatic N) is 1. The Labute approximate surface area is 138 Å². The van der Waals surface area contributed by atoms with Crippen molar-refractivity contribution in [2.75, 3.05) is 6.54 Å². The van der Waals surface area contributed by atoms with Crippen LogP contribution < -0.4 is 5.32 Å². The van der Waals surface area contributed by atoms with Crippen molar-refractivity contribution < 1.29 is 14.7 Å². The molecule has 2 N–H and O–H groups in total. The molecule has 1 aromatic rings. The fraction of sp³-hybridized carbons (Fsp3) is 0.556. The average molecular weight is 320 g/mol. The second kappa shape index (κ2) is 8.67. The van der Waals surface area contributed by atoms with E-state index in [-0.39, 0.29) is 11.8 Å². The lowest BCUT2D eigenvalue weighted by Gasteiger charge is -2.24. The highest BCUT2D eigenvalue weighted by Crippen LogP contribution is 2.11. The molecule has 1 aromatic carbocycles. The lowest BCUT2D eigenvalue weighted by Crippen LogP contribution is -2.44. The van der Waals surface area contributed by atoms with E-state index < -0.39 is 12.0 Å². The smallest absolute Gasteiger partial charge is 0.326 e. The van der Waals surface area contributed by atoms with Gasteiger partial charge < -0.3 is 10.4 Å². The van der Waals surface area contributed by atoms with Gasteiger partial charge in [0.2, 0.25) is 0 Å². The molecule has 1 amide bonds. The van der Waals surface area contributed by atoms with Crippen LogP contribution in [0.25, 0.3) is 0 Å². The third-order valence-corrected chi connectivity index (χ3v) is 3.96. The zero-order chi connectivity index (χ0) is 17.6. The maximum Gasteiger partial charge on any atom is 0.326 e. The molecule has 5 nitrogen and oxygen atoms in total. The molecule has 0 heterocycles. The Hall–Kier alpha value is -1.88. The molecular formula is C18H28N2O3. The molecule has 128 valence electrons. The van der Waals surface area contributed by atoms with Gasteiger partial charge in [-0.25, -0.2) is 4.79 Å². The topological polar surface area (TPSA) is 69.6 Å². The minimum Gasteiger partial charge on any atom is -0.480 e. The summed E-state index contributed by atoms with van der Waals surface area (Å²) in [6.45, 7) is 11.8. The van der Waals surface area contributed by atoms with Crippen LogP contribution in [0.4, 0.5) is 0 Å². The molecule has 0 aliphatic carbocycles. The second-order valence-electron chi connectivity index (χ2n) is 6.39. The Bertz CT molecular complexity index is 524. The van der Waals surface area contributed by atoms with E-state index in [0.717, 1.165) is 18.7 Å². The van der Waals surface area contributed by atoms with E-state index >= 15 is 0 Å². The number of hydrogen-bond donors (Lipinski definition) is 2. The minimum absolute atomic E-state index is 0.167. The van der Waals surface area contributed by atoms with Crippen molar-refractivity contribution in [3.8, 4) is 0 Å². The molecule has 0 saturated carbocycles. The summed E-state index contributed by atoms with van der Waals surface area (Å²) in [5.41, 5.74) is 1.61. The molecule has 0 aliphatic heterocycles. The minimum atomic E-state index is -1.01. The highest BCUT2D eigenvalue weighted by atomic mass is 16.4. The van der Waals surface area contributed by atoms with E-state index in [2.05, 4.69) is 31.0 Å². The number of carboxylic acids is 1. The van der Waals surface area contributed by atoms with E-state index in [0.29, 0.717) is 11.6 Å². The van der Waals surface area contributed by atoms with Crippen molar-refractivity contribution in [2.45, 2.75) is 53.2 Å². The van der Waals surface area contributed by atoms with Crippen LogP contribution in [0.15, 0.2) is 24.3 Å². The number of carbonyl (C=O) groups is 2. The number of amides is 1. The van der Waals surface area contributed by atoms with Crippen LogP contribution in [0, 0.1) is 5.92 Å². The number of carboxylic acid groups (broad SMARTS) is 1. The van der Waals surface area contributed by atoms with Crippen molar-refractivity contribution in [3.63, 3.8) is 0 Å². The predicted molar refractivity (Wildman–Crippen MR) is 91.4 cm³/mol. The zero-order valence-corrected chi connectivity index (χ0v) is 14.7. The molecule has 0 aliphatic rings. The van der Waals surface area contributed by atoms with E-state index in [1.165, 1.54) is 0 Å². The number of nitrogens with one attached hydrogen (secondary N) is 1. The average Bonchev–Trinajstić information content (AvgIpc) is 2.49. The van der Waals surface area contributed by atoms with Gasteiger partial charge in [-0.05, 0) is 44.0 Å². The predicted octanol–water partition coefficient (Wildman–Crippen LogP) is 2.76. The Morgan fingerprint density at radius 1 is 1.13 bits per heavy atom. The van der Waals surface area contributed by atoms with Crippen molar-refractivity contribution >= 4 is 11.9 Å². The van der Waals surface area contributed by atoms with E-state index in [1.807, 2.05) is 12.1 Å². The molecule has 0 aromatic heterocycles. The standard InChI is InChI=1S/C18H28N2O3/c1-6-20(13(4)5)11-14-7-9-15(10-8-14)17(21)19-16(12(2)3)18(22)23/h7-10,12-13,16H,6,11H2,1-5H3,(H,19,21)(H,22,23)/t16-/m1/s1. The number of aliphatic carboxylic acids is 1. The Balaban J connectivity index is 2.76. The monoisotopic (exact) mass is 320 g/mol. The third kappa shape index (κ3) is 5.67. The normalized spacial score (nSPS) is 12.7. The first kappa shape index (κ1) is 19.2. The van der Waals surface area contributed by atoms with Crippen LogP contribution in [0.2, 0.25) is 0 Å². The van der Waals surface area contributed by atoms with Crippen LogP contribution in [0.5, 0.6) is 0 Å². The largest absolute Gasteiger partial charge is 0.480 e. The maximum atomic E-state index is 12.2. The van der Waals surface area contributed by atoms with E-state index in [9.17, 15) is 9.59 Å². The van der Waals surface area contributed by atoms with Gasteiger partial charge in [0.25, 0.3) is 5.91 Å². The van der Waals surface area contributed by atoms with Gasteiger partial charge in [0.15, 0.2) is 0 Å². The first-order valence-electron chi connectivity index (χ1n) is 8.12. The second-order valence-corrected chi connectivity index (χ2v) is 6.39. The summed E-state index contributed by atoms with van der Waals surface area (Å²) in [7, 11) is 0. The van der Waals surface area contributed by atoms with Gasteiger partial charge in [0.05, 0.1) is 0 Å². The number of hydrogen-bond acceptors (Lipinski definition) is 3. The fourth-order valence-corrected chi connectivity index (χ4v) is 2.39. The molecule has 23 heavy (non-hydrogen) atoms. The molecule has 5 heteroatoms. The lowest BCUT2D eigenvalue weighted by atomic mass is 10.0. The first-order valence-corrected chi connectivity index (χ1v) is 8.12. The van der Waals surface area contributed by atoms with Crippen molar-refractivity contribution in [2.24, 2.45) is 5.92 Å². The molecule has 0 saturated heterocycles. The molecule has 1 atom stereocenters. The molecule has 0 unspecified atom stereocenters. The SMILES string of the molecule is CCN(Cc1ccc(C(=O)N[C@@H](C(=O)O)C(C)C)cc1)C(C)C. The third-order valence-electron chi connectivity index (χ3n) is 3.96. The quantitative estimate of drug-likeness (QED) is 0.773. The van der Waals surface area contributed by atoms with Gasteiger partial charge in [-0.15, -0.1) is 0 Å². The highest BCUT2D eigenvalue weighted by molar-refractivity contribution is 5.96. The number of carbonyl (C=O) groups excluding carboxylic acids is 1. The lowest BCUT2D eigenvalue weighted by molar-refractivity contribution is -0.140. The highest BCUT2D eigenvalue weighted by Gasteiger charge is 2.23. The summed E-state index contributed by atoms with van der Waals surface area (Å²) in [5, 5.41) is 11.7. The van der Waals surface area contributed by atoms with Crippen molar-refractivity contribution in [1.29, 1.82) is 0 Å². The Kier molecular flexibility index (Phi) is 7.23. The molecule has 0 radical (unpaired) electrons. The van der Waals surface area contributed by atoms with Gasteiger partial charge in [0.1, 0.15) is 6.04 Å². The van der Waals surface area contributed by atoms with Crippen LogP contribution >= 0.6 is 0 Å². The summed E-state index contributed by atoms with van der Waals surface area (Å²) < 4.78 is 0. The molecule has 1 rings (SSSR count). The van der Waals surface area contributed by atoms with Gasteiger partial charge in [-0.1, -0.05) is 32.9 Å². The summed E-state index contributed by atoms with van der Waals surface area (Å²) in [5.74, 6) is -1.53. The zero-order valence-electron chi connectivity index (χ0n) is 14.7. The Morgan fingerprint density at radius 2 is 1.70 bits per heavy atom. The van der Waals surface area contributed by atoms with Crippen LogP contribution in [-0.4, -0.2) is 40.5 Å². The molecular weight excluding hydrogens is 292 g/mol. The van der Waals surface area contributed by atoms with Gasteiger partial charge >= 0.3 is 5.97 Å². The van der Waals surface area contributed by atoms with Gasteiger partial charge in [0, 0.05) is 18.2 Å².